The first kappa shape index (κ1) is 24.6. The SMILES string of the molecule is C=CC(=O)N1/C(=C\c2cnccc2-c2[nH]c3c(c2Nc2cccc(Cl)c2OC)C(=O)NCC3)CC[C@@H]1C. The Morgan fingerprint density at radius 1 is 1.32 bits per heavy atom. The number of nitrogens with one attached hydrogen (secondary N) is 3. The van der Waals surface area contributed by atoms with Crippen LogP contribution >= 0.6 is 11.6 Å². The topological polar surface area (TPSA) is 99.3 Å². The van der Waals surface area contributed by atoms with Gasteiger partial charge in [0, 0.05) is 53.9 Å². The van der Waals surface area contributed by atoms with Crippen LogP contribution in [0.5, 0.6) is 5.75 Å². The molecule has 8 nitrogen and oxygen atoms in total. The van der Waals surface area contributed by atoms with Crippen LogP contribution in [0.3, 0.4) is 0 Å². The maximum Gasteiger partial charge on any atom is 0.255 e. The summed E-state index contributed by atoms with van der Waals surface area (Å²) in [6.07, 6.45) is 9.14. The zero-order valence-corrected chi connectivity index (χ0v) is 21.5. The first-order chi connectivity index (χ1) is 17.9. The average molecular weight is 518 g/mol. The quantitative estimate of drug-likeness (QED) is 0.385. The number of aromatic amines is 1. The number of halogens is 1. The van der Waals surface area contributed by atoms with Gasteiger partial charge >= 0.3 is 0 Å². The first-order valence-electron chi connectivity index (χ1n) is 12.2. The number of carbonyl (C=O) groups is 2. The fourth-order valence-electron chi connectivity index (χ4n) is 5.07. The van der Waals surface area contributed by atoms with Crippen molar-refractivity contribution in [2.45, 2.75) is 32.2 Å². The number of benzene rings is 1. The molecule has 9 heteroatoms. The molecule has 37 heavy (non-hydrogen) atoms. The molecular formula is C28H28ClN5O3. The molecule has 1 saturated heterocycles. The summed E-state index contributed by atoms with van der Waals surface area (Å²) in [6, 6.07) is 7.41. The van der Waals surface area contributed by atoms with Crippen LogP contribution in [-0.4, -0.2) is 46.4 Å². The standard InChI is InChI=1S/C28H28ClN5O3/c1-4-23(35)34-16(2)8-9-18(34)14-17-15-30-12-10-19(17)25-26(24-21(32-25)11-13-31-28(24)36)33-22-7-5-6-20(29)27(22)37-3/h4-7,10,12,14-16,32-33H,1,8-9,11,13H2,2-3H3,(H,31,36)/b18-14-/t16-/m0/s1. The third-order valence-electron chi connectivity index (χ3n) is 6.82. The number of hydrogen-bond acceptors (Lipinski definition) is 5. The van der Waals surface area contributed by atoms with E-state index in [0.29, 0.717) is 40.7 Å². The number of allylic oxidation sites excluding steroid dienone is 1. The molecule has 0 spiro atoms. The number of H-pyrrole nitrogens is 1. The summed E-state index contributed by atoms with van der Waals surface area (Å²) >= 11 is 6.37. The number of carbonyl (C=O) groups excluding carboxylic acids is 2. The normalized spacial score (nSPS) is 17.9. The second kappa shape index (κ2) is 10.1. The van der Waals surface area contributed by atoms with Crippen molar-refractivity contribution in [2.24, 2.45) is 0 Å². The van der Waals surface area contributed by atoms with Gasteiger partial charge in [0.15, 0.2) is 5.75 Å². The molecule has 1 atom stereocenters. The highest BCUT2D eigenvalue weighted by atomic mass is 35.5. The lowest BCUT2D eigenvalue weighted by Crippen LogP contribution is -2.31. The Balaban J connectivity index is 1.66. The molecule has 0 unspecified atom stereocenters. The number of aromatic nitrogens is 2. The summed E-state index contributed by atoms with van der Waals surface area (Å²) in [5.74, 6) is 0.203. The molecule has 4 heterocycles. The van der Waals surface area contributed by atoms with Crippen molar-refractivity contribution in [1.29, 1.82) is 0 Å². The molecule has 1 aromatic carbocycles. The number of methoxy groups -OCH3 is 1. The summed E-state index contributed by atoms with van der Waals surface area (Å²) in [5, 5.41) is 6.81. The van der Waals surface area contributed by atoms with Crippen molar-refractivity contribution in [3.05, 3.63) is 76.9 Å². The summed E-state index contributed by atoms with van der Waals surface area (Å²) in [4.78, 5) is 35.2. The van der Waals surface area contributed by atoms with Crippen LogP contribution in [0.25, 0.3) is 17.3 Å². The molecule has 1 fully saturated rings. The van der Waals surface area contributed by atoms with Crippen LogP contribution in [-0.2, 0) is 11.2 Å². The molecule has 0 bridgehead atoms. The second-order valence-corrected chi connectivity index (χ2v) is 9.49. The van der Waals surface area contributed by atoms with Gasteiger partial charge in [0.2, 0.25) is 5.91 Å². The average Bonchev–Trinajstić information content (AvgIpc) is 3.45. The van der Waals surface area contributed by atoms with E-state index in [9.17, 15) is 9.59 Å². The molecule has 3 N–H and O–H groups in total. The molecule has 0 radical (unpaired) electrons. The van der Waals surface area contributed by atoms with Crippen LogP contribution in [0.15, 0.2) is 55.0 Å². The van der Waals surface area contributed by atoms with Gasteiger partial charge in [-0.3, -0.25) is 14.6 Å². The number of rotatable bonds is 6. The molecule has 3 aromatic rings. The number of amides is 2. The molecular weight excluding hydrogens is 490 g/mol. The lowest BCUT2D eigenvalue weighted by Gasteiger charge is -2.22. The van der Waals surface area contributed by atoms with Crippen LogP contribution in [0.2, 0.25) is 5.02 Å². The Morgan fingerprint density at radius 2 is 2.16 bits per heavy atom. The smallest absolute Gasteiger partial charge is 0.255 e. The first-order valence-corrected chi connectivity index (χ1v) is 12.5. The van der Waals surface area contributed by atoms with Crippen molar-refractivity contribution < 1.29 is 14.3 Å². The Hall–Kier alpha value is -4.04. The maximum atomic E-state index is 13.0. The lowest BCUT2D eigenvalue weighted by molar-refractivity contribution is -0.124. The van der Waals surface area contributed by atoms with E-state index >= 15 is 0 Å². The van der Waals surface area contributed by atoms with Gasteiger partial charge in [-0.25, -0.2) is 0 Å². The van der Waals surface area contributed by atoms with E-state index in [4.69, 9.17) is 16.3 Å². The van der Waals surface area contributed by atoms with Gasteiger partial charge in [-0.15, -0.1) is 0 Å². The van der Waals surface area contributed by atoms with Crippen LogP contribution in [0, 0.1) is 0 Å². The van der Waals surface area contributed by atoms with E-state index in [0.717, 1.165) is 41.1 Å². The fourth-order valence-corrected chi connectivity index (χ4v) is 5.32. The molecule has 2 aliphatic heterocycles. The van der Waals surface area contributed by atoms with Crippen LogP contribution < -0.4 is 15.4 Å². The highest BCUT2D eigenvalue weighted by Gasteiger charge is 2.30. The summed E-state index contributed by atoms with van der Waals surface area (Å²) in [6.45, 7) is 6.24. The van der Waals surface area contributed by atoms with Gasteiger partial charge in [-0.05, 0) is 50.1 Å². The van der Waals surface area contributed by atoms with Gasteiger partial charge in [0.05, 0.1) is 34.8 Å². The second-order valence-electron chi connectivity index (χ2n) is 9.08. The third-order valence-corrected chi connectivity index (χ3v) is 7.12. The number of para-hydroxylation sites is 1. The van der Waals surface area contributed by atoms with Gasteiger partial charge in [-0.1, -0.05) is 24.2 Å². The van der Waals surface area contributed by atoms with Gasteiger partial charge in [0.25, 0.3) is 5.91 Å². The number of pyridine rings is 1. The Labute approximate surface area is 220 Å². The fraction of sp³-hybridized carbons (Fsp3) is 0.250. The lowest BCUT2D eigenvalue weighted by atomic mass is 10.0. The molecule has 2 aromatic heterocycles. The molecule has 0 saturated carbocycles. The highest BCUT2D eigenvalue weighted by molar-refractivity contribution is 6.32. The molecule has 2 amide bonds. The summed E-state index contributed by atoms with van der Waals surface area (Å²) < 4.78 is 5.54. The van der Waals surface area contributed by atoms with E-state index in [-0.39, 0.29) is 17.9 Å². The van der Waals surface area contributed by atoms with Gasteiger partial charge in [0.1, 0.15) is 0 Å². The molecule has 0 aliphatic carbocycles. The number of anilines is 2. The van der Waals surface area contributed by atoms with E-state index in [1.165, 1.54) is 6.08 Å². The number of fused-ring (bicyclic) bond motifs is 1. The zero-order valence-electron chi connectivity index (χ0n) is 20.7. The largest absolute Gasteiger partial charge is 0.493 e. The Bertz CT molecular complexity index is 1430. The van der Waals surface area contributed by atoms with E-state index in [1.807, 2.05) is 31.2 Å². The van der Waals surface area contributed by atoms with Crippen molar-refractivity contribution >= 4 is 40.9 Å². The Kier molecular flexibility index (Phi) is 6.76. The van der Waals surface area contributed by atoms with Crippen molar-refractivity contribution in [1.82, 2.24) is 20.2 Å². The summed E-state index contributed by atoms with van der Waals surface area (Å²) in [7, 11) is 1.55. The molecule has 190 valence electrons. The van der Waals surface area contributed by atoms with Crippen LogP contribution in [0.1, 0.15) is 41.4 Å². The summed E-state index contributed by atoms with van der Waals surface area (Å²) in [5.41, 5.74) is 5.98. The van der Waals surface area contributed by atoms with E-state index in [2.05, 4.69) is 27.2 Å². The minimum absolute atomic E-state index is 0.0888. The minimum atomic E-state index is -0.159. The van der Waals surface area contributed by atoms with Gasteiger partial charge < -0.3 is 25.3 Å². The van der Waals surface area contributed by atoms with Crippen molar-refractivity contribution in [3.63, 3.8) is 0 Å². The number of hydrogen-bond donors (Lipinski definition) is 3. The van der Waals surface area contributed by atoms with Crippen LogP contribution in [0.4, 0.5) is 11.4 Å². The Morgan fingerprint density at radius 3 is 2.95 bits per heavy atom. The number of ether oxygens (including phenoxy) is 1. The minimum Gasteiger partial charge on any atom is -0.493 e. The molecule has 5 rings (SSSR count). The van der Waals surface area contributed by atoms with Crippen molar-refractivity contribution in [2.75, 3.05) is 19.0 Å². The van der Waals surface area contributed by atoms with E-state index < -0.39 is 0 Å². The predicted octanol–water partition coefficient (Wildman–Crippen LogP) is 5.31. The number of nitrogens with zero attached hydrogens (tertiary/aromatic N) is 2. The number of likely N-dealkylation sites (tertiary alicyclic amines) is 1. The predicted molar refractivity (Wildman–Crippen MR) is 145 cm³/mol. The van der Waals surface area contributed by atoms with Crippen molar-refractivity contribution in [3.8, 4) is 17.0 Å². The third kappa shape index (κ3) is 4.49. The molecule has 2 aliphatic rings. The zero-order chi connectivity index (χ0) is 26.1. The van der Waals surface area contributed by atoms with E-state index in [1.54, 1.807) is 30.5 Å². The maximum absolute atomic E-state index is 13.0. The highest BCUT2D eigenvalue weighted by Crippen LogP contribution is 2.42. The van der Waals surface area contributed by atoms with Gasteiger partial charge in [-0.2, -0.15) is 0 Å². The monoisotopic (exact) mass is 517 g/mol.